The average molecular weight is 295 g/mol. The summed E-state index contributed by atoms with van der Waals surface area (Å²) in [5, 5.41) is 19.5. The molecule has 0 saturated carbocycles. The van der Waals surface area contributed by atoms with E-state index in [-0.39, 0.29) is 23.9 Å². The van der Waals surface area contributed by atoms with Gasteiger partial charge in [-0.2, -0.15) is 0 Å². The van der Waals surface area contributed by atoms with Crippen molar-refractivity contribution in [3.05, 3.63) is 32.8 Å². The maximum atomic E-state index is 12.5. The van der Waals surface area contributed by atoms with Crippen LogP contribution in [0.25, 0.3) is 0 Å². The molecule has 0 aromatic heterocycles. The van der Waals surface area contributed by atoms with Crippen LogP contribution in [-0.2, 0) is 0 Å². The van der Waals surface area contributed by atoms with Gasteiger partial charge < -0.3 is 10.0 Å². The first-order chi connectivity index (χ1) is 8.86. The topological polar surface area (TPSA) is 66.6 Å². The first kappa shape index (κ1) is 15.6. The van der Waals surface area contributed by atoms with Crippen molar-refractivity contribution in [3.8, 4) is 0 Å². The van der Waals surface area contributed by atoms with E-state index in [0.717, 1.165) is 0 Å². The van der Waals surface area contributed by atoms with Crippen molar-refractivity contribution >= 4 is 23.0 Å². The number of nitro benzene ring substituents is 1. The zero-order chi connectivity index (χ0) is 14.6. The monoisotopic (exact) mass is 294 g/mol. The number of benzene rings is 1. The largest absolute Gasteiger partial charge is 0.395 e. The molecule has 0 aliphatic heterocycles. The summed E-state index contributed by atoms with van der Waals surface area (Å²) in [6.07, 6.45) is -2.58. The molecule has 0 spiro atoms. The fraction of sp³-hybridized carbons (Fsp3) is 0.455. The average Bonchev–Trinajstić information content (AvgIpc) is 2.30. The van der Waals surface area contributed by atoms with Crippen LogP contribution in [0.3, 0.4) is 0 Å². The molecule has 1 rings (SSSR count). The molecule has 0 fully saturated rings. The molecule has 1 aromatic carbocycles. The fourth-order valence-corrected chi connectivity index (χ4v) is 1.96. The number of aliphatic hydroxyl groups is 1. The van der Waals surface area contributed by atoms with E-state index in [4.69, 9.17) is 16.7 Å². The Hall–Kier alpha value is -1.47. The highest BCUT2D eigenvalue weighted by molar-refractivity contribution is 6.33. The number of aliphatic hydroxyl groups excluding tert-OH is 1. The van der Waals surface area contributed by atoms with E-state index in [9.17, 15) is 18.9 Å². The molecular formula is C11H13ClF2N2O3. The van der Waals surface area contributed by atoms with E-state index in [1.807, 2.05) is 0 Å². The Morgan fingerprint density at radius 2 is 2.16 bits per heavy atom. The third-order valence-corrected chi connectivity index (χ3v) is 2.83. The second-order valence-electron chi connectivity index (χ2n) is 3.91. The molecule has 0 bridgehead atoms. The lowest BCUT2D eigenvalue weighted by atomic mass is 10.1. The van der Waals surface area contributed by atoms with Crippen LogP contribution in [0.15, 0.2) is 12.1 Å². The highest BCUT2D eigenvalue weighted by Crippen LogP contribution is 2.32. The maximum Gasteiger partial charge on any atom is 0.288 e. The predicted octanol–water partition coefficient (Wildman–Crippen LogP) is 2.62. The Kier molecular flexibility index (Phi) is 5.44. The number of nitro groups is 1. The summed E-state index contributed by atoms with van der Waals surface area (Å²) in [5.41, 5.74) is 0.527. The third-order valence-electron chi connectivity index (χ3n) is 2.53. The Morgan fingerprint density at radius 3 is 2.63 bits per heavy atom. The Morgan fingerprint density at radius 1 is 1.53 bits per heavy atom. The van der Waals surface area contributed by atoms with Crippen LogP contribution in [0, 0.1) is 17.0 Å². The summed E-state index contributed by atoms with van der Waals surface area (Å²) in [4.78, 5) is 11.3. The van der Waals surface area contributed by atoms with E-state index >= 15 is 0 Å². The van der Waals surface area contributed by atoms with E-state index in [1.54, 1.807) is 6.92 Å². The van der Waals surface area contributed by atoms with Gasteiger partial charge in [0.25, 0.3) is 12.1 Å². The third kappa shape index (κ3) is 4.00. The van der Waals surface area contributed by atoms with E-state index < -0.39 is 17.9 Å². The molecule has 0 unspecified atom stereocenters. The van der Waals surface area contributed by atoms with Gasteiger partial charge in [0.2, 0.25) is 0 Å². The molecule has 0 radical (unpaired) electrons. The van der Waals surface area contributed by atoms with Gasteiger partial charge in [0.1, 0.15) is 5.02 Å². The first-order valence-electron chi connectivity index (χ1n) is 5.45. The van der Waals surface area contributed by atoms with E-state index in [1.165, 1.54) is 17.0 Å². The molecule has 0 atom stereocenters. The Balaban J connectivity index is 3.16. The molecule has 19 heavy (non-hydrogen) atoms. The number of anilines is 1. The van der Waals surface area contributed by atoms with Gasteiger partial charge in [-0.15, -0.1) is 0 Å². The second kappa shape index (κ2) is 6.63. The molecule has 8 heteroatoms. The quantitative estimate of drug-likeness (QED) is 0.647. The Bertz CT molecular complexity index is 471. The number of nitrogens with zero attached hydrogens (tertiary/aromatic N) is 2. The zero-order valence-corrected chi connectivity index (χ0v) is 10.9. The number of halogens is 3. The molecule has 0 aliphatic carbocycles. The summed E-state index contributed by atoms with van der Waals surface area (Å²) in [6, 6.07) is 2.50. The van der Waals surface area contributed by atoms with Crippen LogP contribution in [0.5, 0.6) is 0 Å². The van der Waals surface area contributed by atoms with Gasteiger partial charge in [-0.3, -0.25) is 10.1 Å². The molecular weight excluding hydrogens is 282 g/mol. The maximum absolute atomic E-state index is 12.5. The SMILES string of the molecule is Cc1cc([N+](=O)[O-])c(Cl)cc1N(CCO)CC(F)F. The van der Waals surface area contributed by atoms with Gasteiger partial charge in [0, 0.05) is 18.3 Å². The minimum Gasteiger partial charge on any atom is -0.395 e. The van der Waals surface area contributed by atoms with Crippen LogP contribution < -0.4 is 4.90 Å². The van der Waals surface area contributed by atoms with E-state index in [2.05, 4.69) is 0 Å². The molecule has 1 aromatic rings. The van der Waals surface area contributed by atoms with Gasteiger partial charge in [-0.25, -0.2) is 8.78 Å². The number of alkyl halides is 2. The Labute approximate surface area is 113 Å². The summed E-state index contributed by atoms with van der Waals surface area (Å²) < 4.78 is 24.9. The van der Waals surface area contributed by atoms with Gasteiger partial charge in [0.05, 0.1) is 18.1 Å². The lowest BCUT2D eigenvalue weighted by Gasteiger charge is -2.25. The van der Waals surface area contributed by atoms with Crippen molar-refractivity contribution in [2.45, 2.75) is 13.3 Å². The minimum absolute atomic E-state index is 0.000675. The van der Waals surface area contributed by atoms with Gasteiger partial charge in [0.15, 0.2) is 0 Å². The van der Waals surface area contributed by atoms with Crippen LogP contribution in [0.1, 0.15) is 5.56 Å². The summed E-state index contributed by atoms with van der Waals surface area (Å²) in [5.74, 6) is 0. The van der Waals surface area contributed by atoms with Gasteiger partial charge >= 0.3 is 0 Å². The minimum atomic E-state index is -2.58. The first-order valence-corrected chi connectivity index (χ1v) is 5.83. The summed E-state index contributed by atoms with van der Waals surface area (Å²) in [6.45, 7) is 0.685. The van der Waals surface area contributed by atoms with Crippen molar-refractivity contribution in [1.29, 1.82) is 0 Å². The summed E-state index contributed by atoms with van der Waals surface area (Å²) in [7, 11) is 0. The fourth-order valence-electron chi connectivity index (χ4n) is 1.73. The molecule has 0 saturated heterocycles. The van der Waals surface area contributed by atoms with Crippen LogP contribution in [0.2, 0.25) is 5.02 Å². The molecule has 0 amide bonds. The predicted molar refractivity (Wildman–Crippen MR) is 68.1 cm³/mol. The van der Waals surface area contributed by atoms with Crippen LogP contribution >= 0.6 is 11.6 Å². The second-order valence-corrected chi connectivity index (χ2v) is 4.32. The number of rotatable bonds is 6. The standard InChI is InChI=1S/C11H13ClF2N2O3/c1-7-4-10(16(18)19)8(12)5-9(7)15(2-3-17)6-11(13)14/h4-5,11,17H,2-3,6H2,1H3. The van der Waals surface area contributed by atoms with Crippen molar-refractivity contribution in [3.63, 3.8) is 0 Å². The van der Waals surface area contributed by atoms with Gasteiger partial charge in [-0.1, -0.05) is 11.6 Å². The van der Waals surface area contributed by atoms with Gasteiger partial charge in [-0.05, 0) is 18.6 Å². The van der Waals surface area contributed by atoms with Crippen molar-refractivity contribution in [2.24, 2.45) is 0 Å². The van der Waals surface area contributed by atoms with Crippen molar-refractivity contribution < 1.29 is 18.8 Å². The number of aryl methyl sites for hydroxylation is 1. The zero-order valence-electron chi connectivity index (χ0n) is 10.1. The molecule has 106 valence electrons. The molecule has 5 nitrogen and oxygen atoms in total. The van der Waals surface area contributed by atoms with E-state index in [0.29, 0.717) is 11.3 Å². The molecule has 0 aliphatic rings. The smallest absolute Gasteiger partial charge is 0.288 e. The number of hydrogen-bond acceptors (Lipinski definition) is 4. The highest BCUT2D eigenvalue weighted by Gasteiger charge is 2.20. The van der Waals surface area contributed by atoms with Crippen LogP contribution in [0.4, 0.5) is 20.2 Å². The van der Waals surface area contributed by atoms with Crippen molar-refractivity contribution in [1.82, 2.24) is 0 Å². The van der Waals surface area contributed by atoms with Crippen molar-refractivity contribution in [2.75, 3.05) is 24.6 Å². The highest BCUT2D eigenvalue weighted by atomic mass is 35.5. The summed E-state index contributed by atoms with van der Waals surface area (Å²) >= 11 is 5.76. The molecule has 0 heterocycles. The molecule has 1 N–H and O–H groups in total. The number of hydrogen-bond donors (Lipinski definition) is 1. The lowest BCUT2D eigenvalue weighted by molar-refractivity contribution is -0.384. The normalized spacial score (nSPS) is 10.8. The lowest BCUT2D eigenvalue weighted by Crippen LogP contribution is -2.32. The van der Waals surface area contributed by atoms with Crippen LogP contribution in [-0.4, -0.2) is 36.2 Å².